The fourth-order valence-electron chi connectivity index (χ4n) is 3.46. The summed E-state index contributed by atoms with van der Waals surface area (Å²) in [6.07, 6.45) is 2.58. The van der Waals surface area contributed by atoms with Gasteiger partial charge in [-0.1, -0.05) is 24.3 Å². The summed E-state index contributed by atoms with van der Waals surface area (Å²) in [4.78, 5) is 28.9. The number of fused-ring (bicyclic) bond motifs is 1. The molecule has 0 amide bonds. The number of Topliss-reactive ketones (excluding diaryl/α,β-unsaturated/α-hetero) is 1. The first-order valence-electron chi connectivity index (χ1n) is 10.1. The third-order valence-corrected chi connectivity index (χ3v) is 5.15. The second-order valence-corrected chi connectivity index (χ2v) is 7.38. The van der Waals surface area contributed by atoms with Gasteiger partial charge in [0.1, 0.15) is 11.3 Å². The van der Waals surface area contributed by atoms with E-state index in [-0.39, 0.29) is 24.1 Å². The molecule has 6 nitrogen and oxygen atoms in total. The van der Waals surface area contributed by atoms with Crippen LogP contribution in [0.1, 0.15) is 33.2 Å². The van der Waals surface area contributed by atoms with Gasteiger partial charge in [-0.15, -0.1) is 0 Å². The number of carbonyl (C=O) groups is 2. The Kier molecular flexibility index (Phi) is 5.98. The average Bonchev–Trinajstić information content (AvgIpc) is 3.33. The van der Waals surface area contributed by atoms with E-state index in [2.05, 4.69) is 4.98 Å². The van der Waals surface area contributed by atoms with Gasteiger partial charge in [-0.05, 0) is 49.7 Å². The second-order valence-electron chi connectivity index (χ2n) is 7.38. The van der Waals surface area contributed by atoms with E-state index in [1.807, 2.05) is 30.5 Å². The predicted molar refractivity (Wildman–Crippen MR) is 118 cm³/mol. The molecule has 0 aliphatic heterocycles. The van der Waals surface area contributed by atoms with Crippen LogP contribution in [0.5, 0.6) is 0 Å². The van der Waals surface area contributed by atoms with E-state index in [0.29, 0.717) is 23.2 Å². The van der Waals surface area contributed by atoms with Crippen LogP contribution in [0, 0.1) is 19.7 Å². The number of hydrogen-bond acceptors (Lipinski definition) is 5. The number of halogens is 1. The summed E-state index contributed by atoms with van der Waals surface area (Å²) in [5, 5.41) is 0. The molecule has 0 bridgehead atoms. The molecule has 0 saturated carbocycles. The molecule has 0 fully saturated rings. The molecule has 162 valence electrons. The molecule has 0 aliphatic carbocycles. The standard InChI is InChI=1S/C25H21FN2O4/c1-16-13-20(17(2)28(16)14-18-7-9-19(26)10-8-18)22(29)15-31-25(30)12-11-24-27-21-5-3-4-6-23(21)32-24/h3-13H,14-15H2,1-2H3/b12-11+. The lowest BCUT2D eigenvalue weighted by Gasteiger charge is -2.10. The van der Waals surface area contributed by atoms with Crippen LogP contribution in [0.4, 0.5) is 4.39 Å². The van der Waals surface area contributed by atoms with Crippen LogP contribution in [0.25, 0.3) is 17.2 Å². The number of rotatable bonds is 7. The fourth-order valence-corrected chi connectivity index (χ4v) is 3.46. The van der Waals surface area contributed by atoms with Crippen molar-refractivity contribution in [2.75, 3.05) is 6.61 Å². The van der Waals surface area contributed by atoms with Crippen LogP contribution in [0.2, 0.25) is 0 Å². The van der Waals surface area contributed by atoms with E-state index in [1.165, 1.54) is 24.3 Å². The van der Waals surface area contributed by atoms with Gasteiger partial charge in [0.05, 0.1) is 0 Å². The number of nitrogens with zero attached hydrogens (tertiary/aromatic N) is 2. The monoisotopic (exact) mass is 432 g/mol. The molecule has 0 atom stereocenters. The van der Waals surface area contributed by atoms with Gasteiger partial charge in [0.25, 0.3) is 0 Å². The van der Waals surface area contributed by atoms with Crippen LogP contribution in [-0.4, -0.2) is 27.9 Å². The Balaban J connectivity index is 1.38. The molecule has 0 N–H and O–H groups in total. The third kappa shape index (κ3) is 4.67. The summed E-state index contributed by atoms with van der Waals surface area (Å²) in [6, 6.07) is 15.3. The SMILES string of the molecule is Cc1cc(C(=O)COC(=O)/C=C/c2nc3ccccc3o2)c(C)n1Cc1ccc(F)cc1. The number of esters is 1. The van der Waals surface area contributed by atoms with Gasteiger partial charge in [0.2, 0.25) is 11.7 Å². The first kappa shape index (κ1) is 21.2. The predicted octanol–water partition coefficient (Wildman–Crippen LogP) is 4.87. The number of hydrogen-bond donors (Lipinski definition) is 0. The maximum atomic E-state index is 13.1. The highest BCUT2D eigenvalue weighted by Gasteiger charge is 2.17. The van der Waals surface area contributed by atoms with E-state index in [9.17, 15) is 14.0 Å². The Hall–Kier alpha value is -4.00. The normalized spacial score (nSPS) is 11.3. The smallest absolute Gasteiger partial charge is 0.331 e. The van der Waals surface area contributed by atoms with E-state index in [1.54, 1.807) is 30.3 Å². The van der Waals surface area contributed by atoms with Gasteiger partial charge in [-0.2, -0.15) is 0 Å². The molecule has 2 aromatic carbocycles. The number of carbonyl (C=O) groups excluding carboxylic acids is 2. The third-order valence-electron chi connectivity index (χ3n) is 5.15. The minimum atomic E-state index is -0.666. The molecular weight excluding hydrogens is 411 g/mol. The van der Waals surface area contributed by atoms with Crippen LogP contribution >= 0.6 is 0 Å². The minimum absolute atomic E-state index is 0.277. The zero-order valence-corrected chi connectivity index (χ0v) is 17.7. The lowest BCUT2D eigenvalue weighted by atomic mass is 10.1. The van der Waals surface area contributed by atoms with Crippen molar-refractivity contribution < 1.29 is 23.1 Å². The zero-order chi connectivity index (χ0) is 22.7. The van der Waals surface area contributed by atoms with Gasteiger partial charge >= 0.3 is 5.97 Å². The fraction of sp³-hybridized carbons (Fsp3) is 0.160. The van der Waals surface area contributed by atoms with E-state index >= 15 is 0 Å². The van der Waals surface area contributed by atoms with Gasteiger partial charge in [-0.3, -0.25) is 4.79 Å². The Morgan fingerprint density at radius 3 is 2.62 bits per heavy atom. The number of benzene rings is 2. The quantitative estimate of drug-likeness (QED) is 0.237. The van der Waals surface area contributed by atoms with Crippen molar-refractivity contribution >= 4 is 28.9 Å². The number of ether oxygens (including phenoxy) is 1. The van der Waals surface area contributed by atoms with Crippen molar-refractivity contribution in [2.45, 2.75) is 20.4 Å². The van der Waals surface area contributed by atoms with Crippen molar-refractivity contribution in [1.82, 2.24) is 9.55 Å². The lowest BCUT2D eigenvalue weighted by molar-refractivity contribution is -0.136. The van der Waals surface area contributed by atoms with Crippen LogP contribution in [0.3, 0.4) is 0 Å². The highest BCUT2D eigenvalue weighted by molar-refractivity contribution is 6.00. The zero-order valence-electron chi connectivity index (χ0n) is 17.7. The van der Waals surface area contributed by atoms with Crippen molar-refractivity contribution in [1.29, 1.82) is 0 Å². The molecule has 0 saturated heterocycles. The van der Waals surface area contributed by atoms with Crippen molar-refractivity contribution in [3.05, 3.63) is 94.9 Å². The maximum Gasteiger partial charge on any atom is 0.331 e. The highest BCUT2D eigenvalue weighted by Crippen LogP contribution is 2.19. The highest BCUT2D eigenvalue weighted by atomic mass is 19.1. The van der Waals surface area contributed by atoms with E-state index < -0.39 is 5.97 Å². The largest absolute Gasteiger partial charge is 0.454 e. The molecule has 32 heavy (non-hydrogen) atoms. The number of aromatic nitrogens is 2. The Morgan fingerprint density at radius 2 is 1.88 bits per heavy atom. The Labute approximate surface area is 183 Å². The maximum absolute atomic E-state index is 13.1. The van der Waals surface area contributed by atoms with E-state index in [4.69, 9.17) is 9.15 Å². The molecule has 4 aromatic rings. The second kappa shape index (κ2) is 9.01. The summed E-state index contributed by atoms with van der Waals surface area (Å²) in [6.45, 7) is 3.86. The van der Waals surface area contributed by atoms with Crippen molar-refractivity contribution in [3.63, 3.8) is 0 Å². The van der Waals surface area contributed by atoms with E-state index in [0.717, 1.165) is 17.0 Å². The van der Waals surface area contributed by atoms with Crippen molar-refractivity contribution in [3.8, 4) is 0 Å². The van der Waals surface area contributed by atoms with Crippen LogP contribution in [0.15, 0.2) is 65.1 Å². The molecule has 2 heterocycles. The molecule has 0 spiro atoms. The van der Waals surface area contributed by atoms with Gasteiger partial charge in [0.15, 0.2) is 12.2 Å². The topological polar surface area (TPSA) is 74.3 Å². The first-order valence-corrected chi connectivity index (χ1v) is 10.1. The molecule has 7 heteroatoms. The molecule has 0 aliphatic rings. The average molecular weight is 432 g/mol. The summed E-state index contributed by atoms with van der Waals surface area (Å²) >= 11 is 0. The Morgan fingerprint density at radius 1 is 1.12 bits per heavy atom. The number of aryl methyl sites for hydroxylation is 1. The first-order chi connectivity index (χ1) is 15.4. The summed E-state index contributed by atoms with van der Waals surface area (Å²) in [5.41, 5.74) is 4.36. The number of para-hydroxylation sites is 2. The molecule has 0 radical (unpaired) electrons. The van der Waals surface area contributed by atoms with Gasteiger partial charge < -0.3 is 13.7 Å². The molecular formula is C25H21FN2O4. The molecule has 2 aromatic heterocycles. The minimum Gasteiger partial charge on any atom is -0.454 e. The molecule has 4 rings (SSSR count). The number of ketones is 1. The lowest BCUT2D eigenvalue weighted by Crippen LogP contribution is -2.13. The van der Waals surface area contributed by atoms with Gasteiger partial charge in [0, 0.05) is 35.6 Å². The van der Waals surface area contributed by atoms with Gasteiger partial charge in [-0.25, -0.2) is 14.2 Å². The Bertz CT molecular complexity index is 1280. The summed E-state index contributed by atoms with van der Waals surface area (Å²) in [7, 11) is 0. The summed E-state index contributed by atoms with van der Waals surface area (Å²) < 4.78 is 25.7. The van der Waals surface area contributed by atoms with Crippen LogP contribution < -0.4 is 0 Å². The summed E-state index contributed by atoms with van der Waals surface area (Å²) in [5.74, 6) is -0.982. The van der Waals surface area contributed by atoms with Crippen LogP contribution in [-0.2, 0) is 16.1 Å². The molecule has 0 unspecified atom stereocenters. The van der Waals surface area contributed by atoms with Crippen molar-refractivity contribution in [2.24, 2.45) is 0 Å². The number of oxazole rings is 1.